The van der Waals surface area contributed by atoms with Crippen LogP contribution in [-0.2, 0) is 25.5 Å². The fourth-order valence-electron chi connectivity index (χ4n) is 6.55. The van der Waals surface area contributed by atoms with Crippen molar-refractivity contribution in [2.45, 2.75) is 67.8 Å². The topological polar surface area (TPSA) is 180 Å². The van der Waals surface area contributed by atoms with Gasteiger partial charge in [0.15, 0.2) is 0 Å². The van der Waals surface area contributed by atoms with Crippen LogP contribution in [0.25, 0.3) is 0 Å². The molecule has 3 aromatic carbocycles. The van der Waals surface area contributed by atoms with Gasteiger partial charge in [-0.05, 0) is 78.8 Å². The molecule has 5 rings (SSSR count). The summed E-state index contributed by atoms with van der Waals surface area (Å²) in [7, 11) is 1.40. The summed E-state index contributed by atoms with van der Waals surface area (Å²) in [5, 5.41) is 59.3. The zero-order valence-corrected chi connectivity index (χ0v) is 28.8. The van der Waals surface area contributed by atoms with Gasteiger partial charge in [-0.15, -0.1) is 0 Å². The van der Waals surface area contributed by atoms with Crippen molar-refractivity contribution in [2.24, 2.45) is 5.92 Å². The molecule has 0 bridgehead atoms. The summed E-state index contributed by atoms with van der Waals surface area (Å²) < 4.78 is 38.5. The molecule has 6 N–H and O–H groups in total. The zero-order valence-electron chi connectivity index (χ0n) is 28.8. The van der Waals surface area contributed by atoms with Gasteiger partial charge in [0.25, 0.3) is 0 Å². The Morgan fingerprint density at radius 2 is 1.52 bits per heavy atom. The molecule has 0 saturated carbocycles. The molecule has 52 heavy (non-hydrogen) atoms. The predicted octanol–water partition coefficient (Wildman–Crippen LogP) is 1.80. The van der Waals surface area contributed by atoms with Gasteiger partial charge in [-0.2, -0.15) is 0 Å². The Balaban J connectivity index is 1.18. The van der Waals surface area contributed by atoms with E-state index in [4.69, 9.17) is 14.6 Å². The summed E-state index contributed by atoms with van der Waals surface area (Å²) in [6.45, 7) is -0.939. The second-order valence-corrected chi connectivity index (χ2v) is 13.7. The molecule has 7 atom stereocenters. The number of amides is 2. The largest absolute Gasteiger partial charge is 0.394 e. The van der Waals surface area contributed by atoms with Gasteiger partial charge >= 0.3 is 0 Å². The molecule has 2 saturated heterocycles. The Kier molecular flexibility index (Phi) is 13.1. The van der Waals surface area contributed by atoms with Crippen molar-refractivity contribution in [2.75, 3.05) is 44.9 Å². The highest BCUT2D eigenvalue weighted by molar-refractivity contribution is 6.03. The maximum absolute atomic E-state index is 13.7. The molecule has 2 aliphatic heterocycles. The lowest BCUT2D eigenvalue weighted by Gasteiger charge is -2.48. The minimum absolute atomic E-state index is 0.139. The van der Waals surface area contributed by atoms with E-state index in [0.717, 1.165) is 16.0 Å². The van der Waals surface area contributed by atoms with Crippen molar-refractivity contribution in [1.82, 2.24) is 4.90 Å². The van der Waals surface area contributed by atoms with Crippen LogP contribution in [0.1, 0.15) is 48.1 Å². The molecule has 12 nitrogen and oxygen atoms in total. The number of hydrogen-bond acceptors (Lipinski definition) is 10. The lowest BCUT2D eigenvalue weighted by Crippen LogP contribution is -2.55. The summed E-state index contributed by atoms with van der Waals surface area (Å²) in [4.78, 5) is 29.0. The van der Waals surface area contributed by atoms with E-state index in [1.165, 1.54) is 43.4 Å². The molecule has 2 aliphatic rings. The number of halogens is 2. The number of aliphatic hydroxyl groups excluding tert-OH is 6. The van der Waals surface area contributed by atoms with Gasteiger partial charge < -0.3 is 49.9 Å². The maximum Gasteiger partial charge on any atom is 0.248 e. The first-order valence-electron chi connectivity index (χ1n) is 17.2. The van der Waals surface area contributed by atoms with Crippen molar-refractivity contribution in [3.05, 3.63) is 101 Å². The third-order valence-electron chi connectivity index (χ3n) is 9.96. The number of carbonyl (C=O) groups is 2. The summed E-state index contributed by atoms with van der Waals surface area (Å²) in [6.07, 6.45) is -5.92. The number of rotatable bonds is 18. The highest BCUT2D eigenvalue weighted by Gasteiger charge is 2.48. The maximum atomic E-state index is 13.7. The fraction of sp³-hybridized carbons (Fsp3) is 0.474. The number of likely N-dealkylation sites (N-methyl/N-ethyl adjacent to an activating group) is 1. The second kappa shape index (κ2) is 17.3. The summed E-state index contributed by atoms with van der Waals surface area (Å²) >= 11 is 0. The highest BCUT2D eigenvalue weighted by Crippen LogP contribution is 2.46. The van der Waals surface area contributed by atoms with Gasteiger partial charge in [0, 0.05) is 19.3 Å². The molecule has 14 heteroatoms. The van der Waals surface area contributed by atoms with Crippen molar-refractivity contribution >= 4 is 17.5 Å². The molecular weight excluding hydrogens is 682 g/mol. The normalized spacial score (nSPS) is 21.0. The van der Waals surface area contributed by atoms with Gasteiger partial charge in [-0.3, -0.25) is 9.59 Å². The standard InChI is InChI=1S/C38H46F2N2O10/c1-41(18-31(45)35(48)36(49)32(46)19-43)33(47)20-52-38(21-51-22-38)17-16-23-2-4-25(5-3-23)34-29(14-15-30(44)24-6-8-26(39)9-7-24)37(50)42(34)28-12-10-27(40)11-13-28/h2-13,29-32,34-36,43-46,48-49H,14-22H2,1H3/t29-,30?,31?,32?,34-,35?,36?/m1/s1. The molecule has 0 radical (unpaired) electrons. The van der Waals surface area contributed by atoms with E-state index in [9.17, 15) is 43.9 Å². The fourth-order valence-corrected chi connectivity index (χ4v) is 6.55. The average Bonchev–Trinajstić information content (AvgIpc) is 3.13. The Morgan fingerprint density at radius 1 is 0.923 bits per heavy atom. The number of carbonyl (C=O) groups excluding carboxylic acids is 2. The molecule has 0 aromatic heterocycles. The van der Waals surface area contributed by atoms with Crippen LogP contribution in [0.15, 0.2) is 72.8 Å². The van der Waals surface area contributed by atoms with E-state index in [1.807, 2.05) is 24.3 Å². The number of β-lactam (4-membered cyclic amide) rings is 1. The third kappa shape index (κ3) is 9.19. The number of aliphatic hydroxyl groups is 6. The van der Waals surface area contributed by atoms with Gasteiger partial charge in [0.1, 0.15) is 48.3 Å². The van der Waals surface area contributed by atoms with Crippen LogP contribution < -0.4 is 4.90 Å². The van der Waals surface area contributed by atoms with Crippen LogP contribution in [0.4, 0.5) is 14.5 Å². The van der Waals surface area contributed by atoms with Crippen LogP contribution in [0.3, 0.4) is 0 Å². The molecular formula is C38H46F2N2O10. The SMILES string of the molecule is CN(CC(O)C(O)C(O)C(O)CO)C(=O)COC1(CCc2ccc([C@@H]3[C@@H](CCC(O)c4ccc(F)cc4)C(=O)N3c3ccc(F)cc3)cc2)COC1. The van der Waals surface area contributed by atoms with Crippen LogP contribution in [0.2, 0.25) is 0 Å². The van der Waals surface area contributed by atoms with E-state index in [1.54, 1.807) is 17.0 Å². The van der Waals surface area contributed by atoms with Crippen LogP contribution in [0.5, 0.6) is 0 Å². The van der Waals surface area contributed by atoms with Crippen molar-refractivity contribution < 1.29 is 58.5 Å². The monoisotopic (exact) mass is 728 g/mol. The van der Waals surface area contributed by atoms with Crippen molar-refractivity contribution in [1.29, 1.82) is 0 Å². The Labute approximate surface area is 300 Å². The lowest BCUT2D eigenvalue weighted by atomic mass is 9.78. The van der Waals surface area contributed by atoms with Crippen molar-refractivity contribution in [3.63, 3.8) is 0 Å². The van der Waals surface area contributed by atoms with E-state index in [0.29, 0.717) is 30.5 Å². The summed E-state index contributed by atoms with van der Waals surface area (Å²) in [5.74, 6) is -1.89. The Hall–Kier alpha value is -3.86. The molecule has 3 aromatic rings. The Morgan fingerprint density at radius 3 is 2.10 bits per heavy atom. The molecule has 282 valence electrons. The summed E-state index contributed by atoms with van der Waals surface area (Å²) in [6, 6.07) is 18.7. The zero-order chi connectivity index (χ0) is 37.6. The number of ether oxygens (including phenoxy) is 2. The first-order chi connectivity index (χ1) is 24.8. The second-order valence-electron chi connectivity index (χ2n) is 13.7. The number of aryl methyl sites for hydroxylation is 1. The first-order valence-corrected chi connectivity index (χ1v) is 17.2. The highest BCUT2D eigenvalue weighted by atomic mass is 19.1. The molecule has 2 heterocycles. The van der Waals surface area contributed by atoms with Gasteiger partial charge in [0.05, 0.1) is 37.9 Å². The molecule has 0 aliphatic carbocycles. The van der Waals surface area contributed by atoms with Gasteiger partial charge in [-0.25, -0.2) is 8.78 Å². The van der Waals surface area contributed by atoms with Gasteiger partial charge in [-0.1, -0.05) is 36.4 Å². The molecule has 2 amide bonds. The minimum Gasteiger partial charge on any atom is -0.394 e. The minimum atomic E-state index is -1.80. The number of hydrogen-bond donors (Lipinski definition) is 6. The smallest absolute Gasteiger partial charge is 0.248 e. The molecule has 2 fully saturated rings. The molecule has 5 unspecified atom stereocenters. The lowest BCUT2D eigenvalue weighted by molar-refractivity contribution is -0.214. The average molecular weight is 729 g/mol. The number of nitrogens with zero attached hydrogens (tertiary/aromatic N) is 2. The van der Waals surface area contributed by atoms with Crippen molar-refractivity contribution in [3.8, 4) is 0 Å². The number of anilines is 1. The molecule has 0 spiro atoms. The van der Waals surface area contributed by atoms with E-state index < -0.39 is 66.2 Å². The van der Waals surface area contributed by atoms with Crippen LogP contribution in [-0.4, -0.2) is 117 Å². The third-order valence-corrected chi connectivity index (χ3v) is 9.96. The number of benzene rings is 3. The summed E-state index contributed by atoms with van der Waals surface area (Å²) in [5.41, 5.74) is 2.25. The van der Waals surface area contributed by atoms with E-state index >= 15 is 0 Å². The quantitative estimate of drug-likeness (QED) is 0.106. The first kappa shape index (κ1) is 39.3. The van der Waals surface area contributed by atoms with Gasteiger partial charge in [0.2, 0.25) is 11.8 Å². The van der Waals surface area contributed by atoms with Crippen LogP contribution in [0, 0.1) is 17.6 Å². The van der Waals surface area contributed by atoms with Crippen LogP contribution >= 0.6 is 0 Å². The Bertz CT molecular complexity index is 1620. The van der Waals surface area contributed by atoms with E-state index in [2.05, 4.69) is 0 Å². The van der Waals surface area contributed by atoms with E-state index in [-0.39, 0.29) is 44.7 Å². The predicted molar refractivity (Wildman–Crippen MR) is 184 cm³/mol.